The quantitative estimate of drug-likeness (QED) is 0.349. The highest BCUT2D eigenvalue weighted by Crippen LogP contribution is 2.10. The van der Waals surface area contributed by atoms with Gasteiger partial charge in [-0.25, -0.2) is 9.59 Å². The molecule has 0 spiro atoms. The van der Waals surface area contributed by atoms with Crippen molar-refractivity contribution in [2.24, 2.45) is 0 Å². The zero-order valence-corrected chi connectivity index (χ0v) is 19.8. The van der Waals surface area contributed by atoms with Crippen molar-refractivity contribution >= 4 is 23.9 Å². The third kappa shape index (κ3) is 8.20. The number of hydrogen-bond acceptors (Lipinski definition) is 6. The molecule has 174 valence electrons. The van der Waals surface area contributed by atoms with Crippen LogP contribution >= 0.6 is 0 Å². The number of ether oxygens (including phenoxy) is 2. The number of rotatable bonds is 12. The van der Waals surface area contributed by atoms with Crippen molar-refractivity contribution in [3.05, 3.63) is 0 Å². The summed E-state index contributed by atoms with van der Waals surface area (Å²) in [7, 11) is 4.46. The van der Waals surface area contributed by atoms with Crippen LogP contribution in [0.3, 0.4) is 0 Å². The summed E-state index contributed by atoms with van der Waals surface area (Å²) in [5.41, 5.74) is 0. The van der Waals surface area contributed by atoms with Gasteiger partial charge in [0.1, 0.15) is 18.1 Å². The number of esters is 1. The van der Waals surface area contributed by atoms with E-state index in [1.807, 2.05) is 0 Å². The number of hydrogen-bond donors (Lipinski definition) is 0. The number of carbonyl (C=O) groups excluding carboxylic acids is 4. The van der Waals surface area contributed by atoms with Crippen molar-refractivity contribution < 1.29 is 28.7 Å². The van der Waals surface area contributed by atoms with E-state index in [1.165, 1.54) is 35.8 Å². The van der Waals surface area contributed by atoms with Crippen molar-refractivity contribution in [3.63, 3.8) is 0 Å². The van der Waals surface area contributed by atoms with E-state index in [0.29, 0.717) is 6.61 Å². The van der Waals surface area contributed by atoms with Crippen molar-refractivity contribution in [3.8, 4) is 0 Å². The van der Waals surface area contributed by atoms with Crippen LogP contribution in [0.2, 0.25) is 0 Å². The summed E-state index contributed by atoms with van der Waals surface area (Å²) in [5.74, 6) is -1.28. The molecule has 0 rings (SSSR count). The molecule has 30 heavy (non-hydrogen) atoms. The molecule has 3 atom stereocenters. The summed E-state index contributed by atoms with van der Waals surface area (Å²) in [6.07, 6.45) is 3.37. The highest BCUT2D eigenvalue weighted by Gasteiger charge is 2.34. The molecule has 0 aliphatic heterocycles. The molecule has 0 aromatic heterocycles. The number of nitrogens with zero attached hydrogens (tertiary/aromatic N) is 3. The summed E-state index contributed by atoms with van der Waals surface area (Å²) < 4.78 is 10.2. The van der Waals surface area contributed by atoms with E-state index in [-0.39, 0.29) is 6.61 Å². The van der Waals surface area contributed by atoms with Gasteiger partial charge in [0.2, 0.25) is 11.8 Å². The van der Waals surface area contributed by atoms with E-state index in [1.54, 1.807) is 27.7 Å². The summed E-state index contributed by atoms with van der Waals surface area (Å²) >= 11 is 0. The summed E-state index contributed by atoms with van der Waals surface area (Å²) in [6, 6.07) is -2.39. The van der Waals surface area contributed by atoms with E-state index in [0.717, 1.165) is 25.7 Å². The molecule has 0 radical (unpaired) electrons. The van der Waals surface area contributed by atoms with Crippen LogP contribution in [0.4, 0.5) is 4.79 Å². The molecular weight excluding hydrogens is 390 g/mol. The molecule has 0 bridgehead atoms. The lowest BCUT2D eigenvalue weighted by Gasteiger charge is -2.33. The van der Waals surface area contributed by atoms with Gasteiger partial charge in [-0.2, -0.15) is 0 Å². The maximum atomic E-state index is 12.8. The van der Waals surface area contributed by atoms with Crippen LogP contribution in [0.1, 0.15) is 60.3 Å². The molecule has 0 aromatic rings. The highest BCUT2D eigenvalue weighted by atomic mass is 16.6. The average Bonchev–Trinajstić information content (AvgIpc) is 2.74. The summed E-state index contributed by atoms with van der Waals surface area (Å²) in [6.45, 7) is 9.05. The molecular formula is C21H39N3O6. The first-order chi connectivity index (χ1) is 14.0. The number of carbonyl (C=O) groups is 4. The van der Waals surface area contributed by atoms with Gasteiger partial charge in [-0.1, -0.05) is 26.2 Å². The Morgan fingerprint density at radius 2 is 1.20 bits per heavy atom. The lowest BCUT2D eigenvalue weighted by molar-refractivity contribution is -0.156. The largest absolute Gasteiger partial charge is 0.464 e. The first kappa shape index (κ1) is 27.7. The standard InChI is InChI=1S/C21H39N3O6/c1-9-11-12-13-14-30-20(27)17(5)23(7)18(25)15(3)22(6)19(26)16(4)24(8)21(28)29-10-2/h15-17H,9-14H2,1-8H3. The van der Waals surface area contributed by atoms with Crippen molar-refractivity contribution in [1.82, 2.24) is 14.7 Å². The van der Waals surface area contributed by atoms with Gasteiger partial charge in [0, 0.05) is 21.1 Å². The van der Waals surface area contributed by atoms with Crippen molar-refractivity contribution in [2.75, 3.05) is 34.4 Å². The molecule has 0 saturated carbocycles. The zero-order chi connectivity index (χ0) is 23.4. The molecule has 0 saturated heterocycles. The van der Waals surface area contributed by atoms with E-state index in [2.05, 4.69) is 6.92 Å². The van der Waals surface area contributed by atoms with Crippen LogP contribution in [0.15, 0.2) is 0 Å². The second-order valence-corrected chi connectivity index (χ2v) is 7.46. The van der Waals surface area contributed by atoms with Gasteiger partial charge in [0.05, 0.1) is 13.2 Å². The number of likely N-dealkylation sites (N-methyl/N-ethyl adjacent to an activating group) is 3. The molecule has 0 N–H and O–H groups in total. The van der Waals surface area contributed by atoms with Crippen LogP contribution in [0.5, 0.6) is 0 Å². The molecule has 9 nitrogen and oxygen atoms in total. The Bertz CT molecular complexity index is 583. The summed E-state index contributed by atoms with van der Waals surface area (Å²) in [4.78, 5) is 53.3. The third-order valence-electron chi connectivity index (χ3n) is 5.29. The Kier molecular flexibility index (Phi) is 12.8. The molecule has 0 heterocycles. The fraction of sp³-hybridized carbons (Fsp3) is 0.810. The monoisotopic (exact) mass is 429 g/mol. The van der Waals surface area contributed by atoms with Crippen LogP contribution in [-0.2, 0) is 23.9 Å². The molecule has 0 aliphatic rings. The normalized spacial score (nSPS) is 13.6. The lowest BCUT2D eigenvalue weighted by Crippen LogP contribution is -2.54. The molecule has 3 amide bonds. The van der Waals surface area contributed by atoms with E-state index in [4.69, 9.17) is 9.47 Å². The fourth-order valence-electron chi connectivity index (χ4n) is 2.67. The van der Waals surface area contributed by atoms with Gasteiger partial charge < -0.3 is 19.3 Å². The molecule has 0 aromatic carbocycles. The Morgan fingerprint density at radius 1 is 0.700 bits per heavy atom. The molecule has 0 aliphatic carbocycles. The Morgan fingerprint density at radius 3 is 1.70 bits per heavy atom. The topological polar surface area (TPSA) is 96.5 Å². The minimum absolute atomic E-state index is 0.201. The number of unbranched alkanes of at least 4 members (excludes halogenated alkanes) is 3. The second-order valence-electron chi connectivity index (χ2n) is 7.46. The predicted molar refractivity (Wildman–Crippen MR) is 114 cm³/mol. The molecule has 3 unspecified atom stereocenters. The molecule has 0 fully saturated rings. The average molecular weight is 430 g/mol. The lowest BCUT2D eigenvalue weighted by atomic mass is 10.2. The minimum Gasteiger partial charge on any atom is -0.464 e. The Labute approximate surface area is 180 Å². The van der Waals surface area contributed by atoms with Crippen LogP contribution < -0.4 is 0 Å². The molecule has 9 heteroatoms. The van der Waals surface area contributed by atoms with Crippen molar-refractivity contribution in [2.45, 2.75) is 78.4 Å². The van der Waals surface area contributed by atoms with Crippen LogP contribution in [0.25, 0.3) is 0 Å². The second kappa shape index (κ2) is 13.8. The third-order valence-corrected chi connectivity index (χ3v) is 5.29. The van der Waals surface area contributed by atoms with E-state index < -0.39 is 42.0 Å². The Balaban J connectivity index is 4.85. The van der Waals surface area contributed by atoms with Gasteiger partial charge in [0.15, 0.2) is 0 Å². The van der Waals surface area contributed by atoms with Gasteiger partial charge in [-0.15, -0.1) is 0 Å². The SMILES string of the molecule is CCCCCCOC(=O)C(C)N(C)C(=O)C(C)N(C)C(=O)C(C)N(C)C(=O)OCC. The van der Waals surface area contributed by atoms with E-state index in [9.17, 15) is 19.2 Å². The minimum atomic E-state index is -0.819. The predicted octanol–water partition coefficient (Wildman–Crippen LogP) is 2.28. The van der Waals surface area contributed by atoms with Crippen LogP contribution in [0, 0.1) is 0 Å². The van der Waals surface area contributed by atoms with Gasteiger partial charge >= 0.3 is 12.1 Å². The first-order valence-electron chi connectivity index (χ1n) is 10.6. The zero-order valence-electron chi connectivity index (χ0n) is 19.8. The van der Waals surface area contributed by atoms with Crippen LogP contribution in [-0.4, -0.2) is 91.1 Å². The van der Waals surface area contributed by atoms with Gasteiger partial charge in [0.25, 0.3) is 0 Å². The van der Waals surface area contributed by atoms with Gasteiger partial charge in [-0.3, -0.25) is 14.5 Å². The van der Waals surface area contributed by atoms with E-state index >= 15 is 0 Å². The van der Waals surface area contributed by atoms with Crippen molar-refractivity contribution in [1.29, 1.82) is 0 Å². The smallest absolute Gasteiger partial charge is 0.410 e. The fourth-order valence-corrected chi connectivity index (χ4v) is 2.67. The van der Waals surface area contributed by atoms with Gasteiger partial charge in [-0.05, 0) is 34.1 Å². The summed E-state index contributed by atoms with van der Waals surface area (Å²) in [5, 5.41) is 0. The highest BCUT2D eigenvalue weighted by molar-refractivity contribution is 5.92. The Hall–Kier alpha value is -2.32. The maximum Gasteiger partial charge on any atom is 0.410 e. The number of amides is 3. The first-order valence-corrected chi connectivity index (χ1v) is 10.6. The maximum absolute atomic E-state index is 12.8.